The quantitative estimate of drug-likeness (QED) is 0.327. The summed E-state index contributed by atoms with van der Waals surface area (Å²) in [6.45, 7) is 14.0. The predicted octanol–water partition coefficient (Wildman–Crippen LogP) is 7.39. The zero-order valence-corrected chi connectivity index (χ0v) is 15.2. The van der Waals surface area contributed by atoms with Crippen LogP contribution in [0.5, 0.6) is 0 Å². The molecule has 0 nitrogen and oxygen atoms in total. The van der Waals surface area contributed by atoms with Crippen LogP contribution in [0.1, 0.15) is 99.3 Å². The Bertz CT molecular complexity index is 236. The van der Waals surface area contributed by atoms with Crippen LogP contribution < -0.4 is 0 Å². The monoisotopic (exact) mass is 280 g/mol. The average molecular weight is 281 g/mol. The molecule has 0 aromatic rings. The van der Waals surface area contributed by atoms with Crippen molar-refractivity contribution in [2.45, 2.75) is 99.3 Å². The van der Waals surface area contributed by atoms with E-state index in [0.29, 0.717) is 0 Å². The lowest BCUT2D eigenvalue weighted by Gasteiger charge is -2.15. The van der Waals surface area contributed by atoms with E-state index in [-0.39, 0.29) is 0 Å². The molecular weight excluding hydrogens is 240 g/mol. The fraction of sp³-hybridized carbons (Fsp3) is 0.900. The normalized spacial score (nSPS) is 15.7. The first kappa shape index (κ1) is 19.7. The van der Waals surface area contributed by atoms with Crippen molar-refractivity contribution in [1.29, 1.82) is 0 Å². The highest BCUT2D eigenvalue weighted by atomic mass is 14.1. The lowest BCUT2D eigenvalue weighted by atomic mass is 9.91. The van der Waals surface area contributed by atoms with Crippen LogP contribution in [0.2, 0.25) is 0 Å². The number of rotatable bonds is 12. The highest BCUT2D eigenvalue weighted by Crippen LogP contribution is 2.21. The maximum atomic E-state index is 2.44. The first-order valence-electron chi connectivity index (χ1n) is 9.07. The molecule has 0 aromatic carbocycles. The minimum absolute atomic E-state index is 0.878. The summed E-state index contributed by atoms with van der Waals surface area (Å²) < 4.78 is 0. The van der Waals surface area contributed by atoms with Crippen LogP contribution >= 0.6 is 0 Å². The van der Waals surface area contributed by atoms with E-state index in [1.165, 1.54) is 57.8 Å². The van der Waals surface area contributed by atoms with Gasteiger partial charge in [-0.25, -0.2) is 0 Å². The number of hydrogen-bond donors (Lipinski definition) is 0. The van der Waals surface area contributed by atoms with Crippen LogP contribution in [0.4, 0.5) is 0 Å². The van der Waals surface area contributed by atoms with Gasteiger partial charge >= 0.3 is 0 Å². The molecule has 0 heterocycles. The largest absolute Gasteiger partial charge is 0.0887 e. The van der Waals surface area contributed by atoms with Gasteiger partial charge in [-0.1, -0.05) is 84.3 Å². The maximum Gasteiger partial charge on any atom is -0.0323 e. The van der Waals surface area contributed by atoms with Gasteiger partial charge in [0.05, 0.1) is 0 Å². The van der Waals surface area contributed by atoms with Gasteiger partial charge in [0.25, 0.3) is 0 Å². The molecule has 0 spiro atoms. The van der Waals surface area contributed by atoms with E-state index >= 15 is 0 Å². The SMILES string of the molecule is C/C=C(\C)CCC[C@@H](C)CCC[C@H](C)CCCC(C)C. The van der Waals surface area contributed by atoms with Crippen LogP contribution in [-0.4, -0.2) is 0 Å². The molecule has 20 heavy (non-hydrogen) atoms. The van der Waals surface area contributed by atoms with Gasteiger partial charge < -0.3 is 0 Å². The Hall–Kier alpha value is -0.260. The van der Waals surface area contributed by atoms with Gasteiger partial charge in [-0.05, 0) is 44.4 Å². The van der Waals surface area contributed by atoms with Crippen molar-refractivity contribution >= 4 is 0 Å². The van der Waals surface area contributed by atoms with Crippen LogP contribution in [0, 0.1) is 17.8 Å². The smallest absolute Gasteiger partial charge is 0.0323 e. The number of hydrogen-bond acceptors (Lipinski definition) is 0. The van der Waals surface area contributed by atoms with Gasteiger partial charge in [-0.3, -0.25) is 0 Å². The lowest BCUT2D eigenvalue weighted by Crippen LogP contribution is -2.00. The van der Waals surface area contributed by atoms with Crippen molar-refractivity contribution in [3.05, 3.63) is 11.6 Å². The summed E-state index contributed by atoms with van der Waals surface area (Å²) in [5.74, 6) is 2.73. The van der Waals surface area contributed by atoms with Gasteiger partial charge in [0.15, 0.2) is 0 Å². The van der Waals surface area contributed by atoms with Crippen LogP contribution in [0.3, 0.4) is 0 Å². The Morgan fingerprint density at radius 3 is 1.65 bits per heavy atom. The van der Waals surface area contributed by atoms with Crippen molar-refractivity contribution in [1.82, 2.24) is 0 Å². The first-order chi connectivity index (χ1) is 9.45. The van der Waals surface area contributed by atoms with E-state index in [2.05, 4.69) is 47.6 Å². The van der Waals surface area contributed by atoms with E-state index in [0.717, 1.165) is 17.8 Å². The Labute approximate surface area is 129 Å². The molecule has 0 aliphatic heterocycles. The second kappa shape index (κ2) is 12.5. The Kier molecular flexibility index (Phi) is 12.3. The molecule has 0 aromatic heterocycles. The minimum atomic E-state index is 0.878. The summed E-state index contributed by atoms with van der Waals surface area (Å²) in [4.78, 5) is 0. The van der Waals surface area contributed by atoms with Gasteiger partial charge in [0.1, 0.15) is 0 Å². The summed E-state index contributed by atoms with van der Waals surface area (Å²) >= 11 is 0. The van der Waals surface area contributed by atoms with Crippen molar-refractivity contribution in [3.63, 3.8) is 0 Å². The van der Waals surface area contributed by atoms with Crippen molar-refractivity contribution < 1.29 is 0 Å². The van der Waals surface area contributed by atoms with E-state index in [1.807, 2.05) is 0 Å². The third kappa shape index (κ3) is 12.8. The molecule has 0 radical (unpaired) electrons. The fourth-order valence-electron chi connectivity index (χ4n) is 2.85. The Morgan fingerprint density at radius 1 is 0.750 bits per heavy atom. The molecule has 0 N–H and O–H groups in total. The third-order valence-corrected chi connectivity index (χ3v) is 4.63. The van der Waals surface area contributed by atoms with Crippen LogP contribution in [0.25, 0.3) is 0 Å². The Balaban J connectivity index is 3.48. The molecular formula is C20H40. The molecule has 0 heteroatoms. The molecule has 0 aliphatic rings. The zero-order valence-electron chi connectivity index (χ0n) is 15.2. The van der Waals surface area contributed by atoms with Crippen molar-refractivity contribution in [2.24, 2.45) is 17.8 Å². The summed E-state index contributed by atoms with van der Waals surface area (Å²) in [7, 11) is 0. The Morgan fingerprint density at radius 2 is 1.20 bits per heavy atom. The molecule has 120 valence electrons. The topological polar surface area (TPSA) is 0 Å². The molecule has 0 bridgehead atoms. The molecule has 0 amide bonds. The maximum absolute atomic E-state index is 2.44. The third-order valence-electron chi connectivity index (χ3n) is 4.63. The predicted molar refractivity (Wildman–Crippen MR) is 94.2 cm³/mol. The molecule has 0 unspecified atom stereocenters. The first-order valence-corrected chi connectivity index (χ1v) is 9.07. The van der Waals surface area contributed by atoms with Gasteiger partial charge in [0.2, 0.25) is 0 Å². The second-order valence-corrected chi connectivity index (χ2v) is 7.49. The summed E-state index contributed by atoms with van der Waals surface area (Å²) in [5, 5.41) is 0. The molecule has 0 rings (SSSR count). The van der Waals surface area contributed by atoms with E-state index in [1.54, 1.807) is 5.57 Å². The molecule has 0 saturated heterocycles. The number of allylic oxidation sites excluding steroid dienone is 2. The van der Waals surface area contributed by atoms with E-state index in [4.69, 9.17) is 0 Å². The van der Waals surface area contributed by atoms with Crippen molar-refractivity contribution in [3.8, 4) is 0 Å². The van der Waals surface area contributed by atoms with Gasteiger partial charge in [-0.2, -0.15) is 0 Å². The molecule has 2 atom stereocenters. The van der Waals surface area contributed by atoms with E-state index < -0.39 is 0 Å². The van der Waals surface area contributed by atoms with Gasteiger partial charge in [-0.15, -0.1) is 0 Å². The average Bonchev–Trinajstić information content (AvgIpc) is 2.38. The lowest BCUT2D eigenvalue weighted by molar-refractivity contribution is 0.389. The highest BCUT2D eigenvalue weighted by molar-refractivity contribution is 4.94. The second-order valence-electron chi connectivity index (χ2n) is 7.49. The van der Waals surface area contributed by atoms with Crippen molar-refractivity contribution in [2.75, 3.05) is 0 Å². The standard InChI is InChI=1S/C20H40/c1-7-18(4)12-9-14-20(6)16-10-15-19(5)13-8-11-17(2)3/h7,17,19-20H,8-16H2,1-6H3/b18-7+/t19-,20-/m1/s1. The summed E-state index contributed by atoms with van der Waals surface area (Å²) in [5.41, 5.74) is 1.55. The summed E-state index contributed by atoms with van der Waals surface area (Å²) in [6, 6.07) is 0. The van der Waals surface area contributed by atoms with Gasteiger partial charge in [0, 0.05) is 0 Å². The minimum Gasteiger partial charge on any atom is -0.0887 e. The molecule has 0 aliphatic carbocycles. The zero-order chi connectivity index (χ0) is 15.4. The van der Waals surface area contributed by atoms with Crippen LogP contribution in [0.15, 0.2) is 11.6 Å². The highest BCUT2D eigenvalue weighted by Gasteiger charge is 2.06. The summed E-state index contributed by atoms with van der Waals surface area (Å²) in [6.07, 6.45) is 14.9. The molecule has 0 saturated carbocycles. The van der Waals surface area contributed by atoms with E-state index in [9.17, 15) is 0 Å². The fourth-order valence-corrected chi connectivity index (χ4v) is 2.85. The van der Waals surface area contributed by atoms with Crippen LogP contribution in [-0.2, 0) is 0 Å². The molecule has 0 fully saturated rings.